The molecule has 0 spiro atoms. The van der Waals surface area contributed by atoms with E-state index in [2.05, 4.69) is 26.2 Å². The summed E-state index contributed by atoms with van der Waals surface area (Å²) in [5, 5.41) is 15.3. The third-order valence-electron chi connectivity index (χ3n) is 4.80. The molecular formula is C24H19BrN2O2. The number of fused-ring (bicyclic) bond motifs is 1. The predicted molar refractivity (Wildman–Crippen MR) is 119 cm³/mol. The van der Waals surface area contributed by atoms with Gasteiger partial charge in [0.2, 0.25) is 0 Å². The number of amides is 1. The Balaban J connectivity index is 1.71. The van der Waals surface area contributed by atoms with Crippen LogP contribution in [0.2, 0.25) is 0 Å². The quantitative estimate of drug-likeness (QED) is 0.449. The summed E-state index contributed by atoms with van der Waals surface area (Å²) >= 11 is 3.46. The lowest BCUT2D eigenvalue weighted by Gasteiger charge is -2.27. The number of aliphatic hydroxyl groups is 1. The van der Waals surface area contributed by atoms with E-state index < -0.39 is 11.5 Å². The Hall–Kier alpha value is -3.02. The maximum Gasteiger partial charge on any atom is 0.261 e. The molecule has 144 valence electrons. The Morgan fingerprint density at radius 2 is 1.62 bits per heavy atom. The van der Waals surface area contributed by atoms with Gasteiger partial charge in [0.1, 0.15) is 0 Å². The SMILES string of the molecule is O=C(Nc1ccccc1)C(O)(Cc1ccc2cc(Br)ccc2n1)c1ccccc1. The molecule has 0 aliphatic rings. The smallest absolute Gasteiger partial charge is 0.261 e. The van der Waals surface area contributed by atoms with E-state index in [-0.39, 0.29) is 6.42 Å². The first-order valence-corrected chi connectivity index (χ1v) is 10.0. The largest absolute Gasteiger partial charge is 0.375 e. The van der Waals surface area contributed by atoms with E-state index in [0.717, 1.165) is 15.4 Å². The standard InChI is InChI=1S/C24H19BrN2O2/c25-19-12-14-22-17(15-19)11-13-21(26-22)16-24(29,18-7-3-1-4-8-18)23(28)27-20-9-5-2-6-10-20/h1-15,29H,16H2,(H,27,28). The lowest BCUT2D eigenvalue weighted by atomic mass is 9.87. The monoisotopic (exact) mass is 446 g/mol. The number of rotatable bonds is 5. The molecule has 1 aromatic heterocycles. The van der Waals surface area contributed by atoms with Gasteiger partial charge in [-0.25, -0.2) is 0 Å². The van der Waals surface area contributed by atoms with E-state index in [4.69, 9.17) is 0 Å². The maximum atomic E-state index is 13.2. The zero-order valence-electron chi connectivity index (χ0n) is 15.5. The molecule has 0 bridgehead atoms. The van der Waals surface area contributed by atoms with E-state index in [1.54, 1.807) is 36.4 Å². The zero-order chi connectivity index (χ0) is 20.3. The van der Waals surface area contributed by atoms with Crippen LogP contribution < -0.4 is 5.32 Å². The Morgan fingerprint density at radius 3 is 2.34 bits per heavy atom. The van der Waals surface area contributed by atoms with Gasteiger partial charge in [-0.2, -0.15) is 0 Å². The Bertz CT molecular complexity index is 1150. The molecule has 2 N–H and O–H groups in total. The molecule has 0 aliphatic heterocycles. The van der Waals surface area contributed by atoms with Crippen LogP contribution in [0.4, 0.5) is 5.69 Å². The first-order valence-electron chi connectivity index (χ1n) is 9.24. The molecule has 1 amide bonds. The van der Waals surface area contributed by atoms with Gasteiger partial charge in [-0.15, -0.1) is 0 Å². The van der Waals surface area contributed by atoms with E-state index >= 15 is 0 Å². The van der Waals surface area contributed by atoms with E-state index in [1.165, 1.54) is 0 Å². The number of benzene rings is 3. The summed E-state index contributed by atoms with van der Waals surface area (Å²) in [6, 6.07) is 27.7. The zero-order valence-corrected chi connectivity index (χ0v) is 17.1. The first-order chi connectivity index (χ1) is 14.0. The minimum atomic E-state index is -1.76. The van der Waals surface area contributed by atoms with Gasteiger partial charge in [-0.3, -0.25) is 9.78 Å². The van der Waals surface area contributed by atoms with Gasteiger partial charge in [0, 0.05) is 27.7 Å². The normalized spacial score (nSPS) is 13.0. The van der Waals surface area contributed by atoms with Gasteiger partial charge in [0.15, 0.2) is 5.60 Å². The molecule has 5 heteroatoms. The summed E-state index contributed by atoms with van der Waals surface area (Å²) in [7, 11) is 0. The van der Waals surface area contributed by atoms with Crippen LogP contribution in [0.1, 0.15) is 11.3 Å². The summed E-state index contributed by atoms with van der Waals surface area (Å²) in [5.74, 6) is -0.493. The second kappa shape index (κ2) is 8.15. The number of aromatic nitrogens is 1. The minimum absolute atomic E-state index is 0.0572. The van der Waals surface area contributed by atoms with E-state index in [0.29, 0.717) is 16.9 Å². The molecule has 4 rings (SSSR count). The molecule has 0 saturated carbocycles. The van der Waals surface area contributed by atoms with Gasteiger partial charge >= 0.3 is 0 Å². The van der Waals surface area contributed by atoms with Gasteiger partial charge in [0.05, 0.1) is 5.52 Å². The van der Waals surface area contributed by atoms with E-state index in [1.807, 2.05) is 54.6 Å². The number of halogens is 1. The molecule has 29 heavy (non-hydrogen) atoms. The Labute approximate surface area is 177 Å². The average Bonchev–Trinajstić information content (AvgIpc) is 2.75. The fourth-order valence-corrected chi connectivity index (χ4v) is 3.66. The van der Waals surface area contributed by atoms with Gasteiger partial charge < -0.3 is 10.4 Å². The highest BCUT2D eigenvalue weighted by molar-refractivity contribution is 9.10. The molecule has 4 nitrogen and oxygen atoms in total. The average molecular weight is 447 g/mol. The van der Waals surface area contributed by atoms with Crippen LogP contribution in [-0.2, 0) is 16.8 Å². The van der Waals surface area contributed by atoms with Gasteiger partial charge in [-0.1, -0.05) is 70.5 Å². The minimum Gasteiger partial charge on any atom is -0.375 e. The molecule has 1 heterocycles. The number of hydrogen-bond donors (Lipinski definition) is 2. The molecule has 1 atom stereocenters. The molecular weight excluding hydrogens is 428 g/mol. The summed E-state index contributed by atoms with van der Waals surface area (Å²) in [6.45, 7) is 0. The van der Waals surface area contributed by atoms with Crippen molar-refractivity contribution in [1.29, 1.82) is 0 Å². The fourth-order valence-electron chi connectivity index (χ4n) is 3.28. The Morgan fingerprint density at radius 1 is 0.931 bits per heavy atom. The second-order valence-corrected chi connectivity index (χ2v) is 7.78. The molecule has 0 saturated heterocycles. The second-order valence-electron chi connectivity index (χ2n) is 6.86. The van der Waals surface area contributed by atoms with E-state index in [9.17, 15) is 9.90 Å². The summed E-state index contributed by atoms with van der Waals surface area (Å²) in [4.78, 5) is 17.8. The topological polar surface area (TPSA) is 62.2 Å². The summed E-state index contributed by atoms with van der Waals surface area (Å²) < 4.78 is 0.975. The molecule has 0 aliphatic carbocycles. The van der Waals surface area contributed by atoms with Crippen LogP contribution in [0.15, 0.2) is 95.5 Å². The molecule has 0 radical (unpaired) electrons. The number of anilines is 1. The van der Waals surface area contributed by atoms with Crippen molar-refractivity contribution in [2.24, 2.45) is 0 Å². The number of nitrogens with zero attached hydrogens (tertiary/aromatic N) is 1. The van der Waals surface area contributed by atoms with Gasteiger partial charge in [0.25, 0.3) is 5.91 Å². The van der Waals surface area contributed by atoms with Crippen molar-refractivity contribution in [2.75, 3.05) is 5.32 Å². The predicted octanol–water partition coefficient (Wildman–Crippen LogP) is 5.07. The highest BCUT2D eigenvalue weighted by atomic mass is 79.9. The molecule has 3 aromatic carbocycles. The van der Waals surface area contributed by atoms with Crippen molar-refractivity contribution in [3.8, 4) is 0 Å². The third-order valence-corrected chi connectivity index (χ3v) is 5.30. The molecule has 1 unspecified atom stereocenters. The number of nitrogens with one attached hydrogen (secondary N) is 1. The molecule has 4 aromatic rings. The van der Waals surface area contributed by atoms with Crippen molar-refractivity contribution in [2.45, 2.75) is 12.0 Å². The summed E-state index contributed by atoms with van der Waals surface area (Å²) in [5.41, 5.74) is 0.834. The van der Waals surface area contributed by atoms with Crippen LogP contribution in [0.5, 0.6) is 0 Å². The van der Waals surface area contributed by atoms with Crippen LogP contribution in [-0.4, -0.2) is 16.0 Å². The maximum absolute atomic E-state index is 13.2. The highest BCUT2D eigenvalue weighted by Gasteiger charge is 2.38. The van der Waals surface area contributed by atoms with Crippen LogP contribution >= 0.6 is 15.9 Å². The lowest BCUT2D eigenvalue weighted by molar-refractivity contribution is -0.135. The Kier molecular flexibility index (Phi) is 5.43. The van der Waals surface area contributed by atoms with Crippen molar-refractivity contribution >= 4 is 38.4 Å². The van der Waals surface area contributed by atoms with Gasteiger partial charge in [-0.05, 0) is 42.0 Å². The highest BCUT2D eigenvalue weighted by Crippen LogP contribution is 2.28. The number of para-hydroxylation sites is 1. The number of pyridine rings is 1. The van der Waals surface area contributed by atoms with Crippen LogP contribution in [0.25, 0.3) is 10.9 Å². The van der Waals surface area contributed by atoms with Crippen LogP contribution in [0.3, 0.4) is 0 Å². The summed E-state index contributed by atoms with van der Waals surface area (Å²) in [6.07, 6.45) is 0.0572. The number of hydrogen-bond acceptors (Lipinski definition) is 3. The van der Waals surface area contributed by atoms with Crippen molar-refractivity contribution in [3.63, 3.8) is 0 Å². The van der Waals surface area contributed by atoms with Crippen LogP contribution in [0, 0.1) is 0 Å². The number of carbonyl (C=O) groups is 1. The van der Waals surface area contributed by atoms with Crippen molar-refractivity contribution in [1.82, 2.24) is 4.98 Å². The van der Waals surface area contributed by atoms with Crippen molar-refractivity contribution in [3.05, 3.63) is 107 Å². The van der Waals surface area contributed by atoms with Crippen molar-refractivity contribution < 1.29 is 9.90 Å². The first kappa shape index (κ1) is 19.3. The fraction of sp³-hybridized carbons (Fsp3) is 0.0833. The lowest BCUT2D eigenvalue weighted by Crippen LogP contribution is -2.42. The number of carbonyl (C=O) groups excluding carboxylic acids is 1. The third kappa shape index (κ3) is 4.21. The molecule has 0 fully saturated rings.